The van der Waals surface area contributed by atoms with Gasteiger partial charge in [-0.15, -0.1) is 0 Å². The quantitative estimate of drug-likeness (QED) is 0.167. The summed E-state index contributed by atoms with van der Waals surface area (Å²) in [6.45, 7) is 0. The molecule has 0 unspecified atom stereocenters. The first-order valence-corrected chi connectivity index (χ1v) is 21.1. The van der Waals surface area contributed by atoms with Crippen LogP contribution in [0.15, 0.2) is 215 Å². The Morgan fingerprint density at radius 1 is 0.302 bits per heavy atom. The lowest BCUT2D eigenvalue weighted by molar-refractivity contribution is 0.669. The van der Waals surface area contributed by atoms with Crippen molar-refractivity contribution in [2.75, 3.05) is 0 Å². The molecule has 294 valence electrons. The monoisotopic (exact) mass is 806 g/mol. The van der Waals surface area contributed by atoms with Crippen LogP contribution in [0.4, 0.5) is 0 Å². The molecule has 0 N–H and O–H groups in total. The zero-order chi connectivity index (χ0) is 41.4. The molecular formula is C57H34N4O2. The van der Waals surface area contributed by atoms with Crippen molar-refractivity contribution < 1.29 is 8.83 Å². The topological polar surface area (TPSA) is 69.9 Å². The van der Waals surface area contributed by atoms with Gasteiger partial charge in [-0.25, -0.2) is 15.0 Å². The minimum Gasteiger partial charge on any atom is -0.456 e. The number of furan rings is 2. The van der Waals surface area contributed by atoms with E-state index in [-0.39, 0.29) is 0 Å². The summed E-state index contributed by atoms with van der Waals surface area (Å²) in [4.78, 5) is 15.6. The Balaban J connectivity index is 1.02. The molecule has 13 rings (SSSR count). The molecule has 6 heteroatoms. The molecule has 9 aromatic carbocycles. The van der Waals surface area contributed by atoms with Crippen molar-refractivity contribution in [3.63, 3.8) is 0 Å². The van der Waals surface area contributed by atoms with Crippen molar-refractivity contribution in [1.29, 1.82) is 0 Å². The van der Waals surface area contributed by atoms with Crippen LogP contribution in [0.2, 0.25) is 0 Å². The summed E-state index contributed by atoms with van der Waals surface area (Å²) in [6.07, 6.45) is 0. The smallest absolute Gasteiger partial charge is 0.164 e. The summed E-state index contributed by atoms with van der Waals surface area (Å²) in [7, 11) is 0. The lowest BCUT2D eigenvalue weighted by atomic mass is 9.93. The molecule has 0 aliphatic carbocycles. The molecule has 0 aliphatic rings. The number of fused-ring (bicyclic) bond motifs is 9. The van der Waals surface area contributed by atoms with Gasteiger partial charge < -0.3 is 13.4 Å². The minimum atomic E-state index is 0.564. The molecule has 0 fully saturated rings. The molecular weight excluding hydrogens is 773 g/mol. The van der Waals surface area contributed by atoms with Crippen molar-refractivity contribution in [2.45, 2.75) is 0 Å². The Labute approximate surface area is 361 Å². The van der Waals surface area contributed by atoms with Gasteiger partial charge in [0.05, 0.1) is 11.0 Å². The van der Waals surface area contributed by atoms with E-state index in [2.05, 4.69) is 150 Å². The Kier molecular flexibility index (Phi) is 7.80. The summed E-state index contributed by atoms with van der Waals surface area (Å²) in [5.74, 6) is 1.74. The van der Waals surface area contributed by atoms with E-state index in [4.69, 9.17) is 23.8 Å². The van der Waals surface area contributed by atoms with Gasteiger partial charge in [0.2, 0.25) is 0 Å². The highest BCUT2D eigenvalue weighted by molar-refractivity contribution is 6.17. The average Bonchev–Trinajstić information content (AvgIpc) is 4.03. The van der Waals surface area contributed by atoms with Gasteiger partial charge in [-0.2, -0.15) is 0 Å². The van der Waals surface area contributed by atoms with E-state index in [0.29, 0.717) is 17.5 Å². The fraction of sp³-hybridized carbons (Fsp3) is 0. The second kappa shape index (κ2) is 14.0. The Morgan fingerprint density at radius 2 is 0.873 bits per heavy atom. The normalized spacial score (nSPS) is 11.8. The first kappa shape index (κ1) is 35.2. The van der Waals surface area contributed by atoms with Gasteiger partial charge >= 0.3 is 0 Å². The third kappa shape index (κ3) is 5.69. The number of nitrogens with zero attached hydrogens (tertiary/aromatic N) is 4. The lowest BCUT2D eigenvalue weighted by Crippen LogP contribution is -2.01. The Hall–Kier alpha value is -8.61. The molecule has 0 atom stereocenters. The maximum absolute atomic E-state index is 6.61. The number of hydrogen-bond donors (Lipinski definition) is 0. The number of hydrogen-bond acceptors (Lipinski definition) is 5. The molecule has 0 radical (unpaired) electrons. The third-order valence-electron chi connectivity index (χ3n) is 12.2. The number of rotatable bonds is 6. The van der Waals surface area contributed by atoms with Gasteiger partial charge in [0.25, 0.3) is 0 Å². The molecule has 4 aromatic heterocycles. The molecule has 63 heavy (non-hydrogen) atoms. The van der Waals surface area contributed by atoms with Crippen LogP contribution >= 0.6 is 0 Å². The summed E-state index contributed by atoms with van der Waals surface area (Å²) in [5.41, 5.74) is 13.6. The maximum Gasteiger partial charge on any atom is 0.164 e. The SMILES string of the molecule is c1ccc(-c2cc(-c3ccc4oc5cccc(-c6nc(-c7ccccc7)nc(-c7cccc(-n8c9ccccc9c9ccccc98)c7)n6)c5c4c3)c3c(c2)oc2ccccc23)cc1. The molecule has 0 saturated heterocycles. The van der Waals surface area contributed by atoms with E-state index in [1.54, 1.807) is 0 Å². The van der Waals surface area contributed by atoms with Crippen molar-refractivity contribution >= 4 is 65.7 Å². The summed E-state index contributed by atoms with van der Waals surface area (Å²) in [6, 6.07) is 71.5. The van der Waals surface area contributed by atoms with Crippen LogP contribution in [0, 0.1) is 0 Å². The molecule has 13 aromatic rings. The van der Waals surface area contributed by atoms with E-state index >= 15 is 0 Å². The van der Waals surface area contributed by atoms with Crippen LogP contribution in [0.1, 0.15) is 0 Å². The first-order valence-electron chi connectivity index (χ1n) is 21.1. The Bertz CT molecular complexity index is 3870. The summed E-state index contributed by atoms with van der Waals surface area (Å²) in [5, 5.41) is 6.49. The highest BCUT2D eigenvalue weighted by atomic mass is 16.3. The van der Waals surface area contributed by atoms with Crippen LogP contribution in [0.3, 0.4) is 0 Å². The van der Waals surface area contributed by atoms with Crippen LogP contribution in [0.5, 0.6) is 0 Å². The van der Waals surface area contributed by atoms with Crippen LogP contribution in [0.25, 0.3) is 128 Å². The van der Waals surface area contributed by atoms with Crippen LogP contribution in [-0.4, -0.2) is 19.5 Å². The second-order valence-corrected chi connectivity index (χ2v) is 15.9. The van der Waals surface area contributed by atoms with Gasteiger partial charge in [-0.05, 0) is 82.9 Å². The van der Waals surface area contributed by atoms with Crippen molar-refractivity contribution in [3.05, 3.63) is 206 Å². The number of aromatic nitrogens is 4. The fourth-order valence-electron chi connectivity index (χ4n) is 9.39. The van der Waals surface area contributed by atoms with E-state index in [1.165, 1.54) is 10.8 Å². The predicted octanol–water partition coefficient (Wildman–Crippen LogP) is 15.1. The third-order valence-corrected chi connectivity index (χ3v) is 12.2. The van der Waals surface area contributed by atoms with E-state index < -0.39 is 0 Å². The molecule has 0 aliphatic heterocycles. The van der Waals surface area contributed by atoms with Gasteiger partial charge in [-0.3, -0.25) is 0 Å². The van der Waals surface area contributed by atoms with Crippen molar-refractivity contribution in [2.24, 2.45) is 0 Å². The zero-order valence-corrected chi connectivity index (χ0v) is 33.7. The number of benzene rings is 9. The molecule has 0 spiro atoms. The fourth-order valence-corrected chi connectivity index (χ4v) is 9.39. The zero-order valence-electron chi connectivity index (χ0n) is 33.7. The van der Waals surface area contributed by atoms with E-state index in [0.717, 1.165) is 99.5 Å². The molecule has 4 heterocycles. The first-order chi connectivity index (χ1) is 31.2. The van der Waals surface area contributed by atoms with Gasteiger partial charge in [0.1, 0.15) is 22.3 Å². The van der Waals surface area contributed by atoms with Gasteiger partial charge in [0, 0.05) is 54.7 Å². The van der Waals surface area contributed by atoms with Crippen molar-refractivity contribution in [1.82, 2.24) is 19.5 Å². The van der Waals surface area contributed by atoms with E-state index in [9.17, 15) is 0 Å². The lowest BCUT2D eigenvalue weighted by Gasteiger charge is -2.12. The predicted molar refractivity (Wildman–Crippen MR) is 256 cm³/mol. The van der Waals surface area contributed by atoms with Crippen LogP contribution in [-0.2, 0) is 0 Å². The highest BCUT2D eigenvalue weighted by Gasteiger charge is 2.21. The number of para-hydroxylation sites is 3. The molecule has 0 amide bonds. The van der Waals surface area contributed by atoms with Crippen molar-refractivity contribution in [3.8, 4) is 62.1 Å². The standard InChI is InChI=1S/C57H34N4O2/c1-3-15-35(16-4-1)39-33-45(53-43-23-9-12-27-49(43)63-52(53)34-39)37-29-30-50-46(32-37)54-44(24-14-28-51(54)62-50)57-59-55(36-17-5-2-6-18-36)58-56(60-57)38-19-13-20-40(31-38)61-47-25-10-7-21-41(47)42-22-8-11-26-48(42)61/h1-34H. The van der Waals surface area contributed by atoms with E-state index in [1.807, 2.05) is 60.7 Å². The molecule has 6 nitrogen and oxygen atoms in total. The average molecular weight is 807 g/mol. The van der Waals surface area contributed by atoms with Gasteiger partial charge in [-0.1, -0.05) is 146 Å². The Morgan fingerprint density at radius 3 is 1.65 bits per heavy atom. The minimum absolute atomic E-state index is 0.564. The maximum atomic E-state index is 6.61. The molecule has 0 saturated carbocycles. The highest BCUT2D eigenvalue weighted by Crippen LogP contribution is 2.43. The summed E-state index contributed by atoms with van der Waals surface area (Å²) >= 11 is 0. The summed E-state index contributed by atoms with van der Waals surface area (Å²) < 4.78 is 15.4. The largest absolute Gasteiger partial charge is 0.456 e. The van der Waals surface area contributed by atoms with Gasteiger partial charge in [0.15, 0.2) is 17.5 Å². The van der Waals surface area contributed by atoms with Crippen LogP contribution < -0.4 is 0 Å². The second-order valence-electron chi connectivity index (χ2n) is 15.9. The molecule has 0 bridgehead atoms.